The van der Waals surface area contributed by atoms with E-state index in [0.717, 1.165) is 10.3 Å². The third-order valence-electron chi connectivity index (χ3n) is 2.89. The van der Waals surface area contributed by atoms with Gasteiger partial charge in [0.25, 0.3) is 5.91 Å². The van der Waals surface area contributed by atoms with Gasteiger partial charge < -0.3 is 9.73 Å². The van der Waals surface area contributed by atoms with Gasteiger partial charge in [-0.25, -0.2) is 4.79 Å². The van der Waals surface area contributed by atoms with Crippen molar-refractivity contribution in [2.75, 3.05) is 0 Å². The molecular formula is C15H11NO3S. The van der Waals surface area contributed by atoms with Crippen LogP contribution in [-0.2, 0) is 6.54 Å². The van der Waals surface area contributed by atoms with Crippen LogP contribution in [0.1, 0.15) is 15.2 Å². The molecule has 20 heavy (non-hydrogen) atoms. The average Bonchev–Trinajstić information content (AvgIpc) is 2.97. The molecule has 100 valence electrons. The molecule has 0 unspecified atom stereocenters. The van der Waals surface area contributed by atoms with Crippen LogP contribution in [0.25, 0.3) is 11.0 Å². The Balaban J connectivity index is 1.87. The summed E-state index contributed by atoms with van der Waals surface area (Å²) in [5.74, 6) is -0.419. The molecule has 0 saturated carbocycles. The predicted molar refractivity (Wildman–Crippen MR) is 78.0 cm³/mol. The summed E-state index contributed by atoms with van der Waals surface area (Å²) in [6.07, 6.45) is 0. The van der Waals surface area contributed by atoms with Crippen LogP contribution in [0.5, 0.6) is 0 Å². The lowest BCUT2D eigenvalue weighted by molar-refractivity contribution is 0.0948. The van der Waals surface area contributed by atoms with Gasteiger partial charge in [-0.15, -0.1) is 11.3 Å². The average molecular weight is 285 g/mol. The van der Waals surface area contributed by atoms with Crippen molar-refractivity contribution in [2.24, 2.45) is 0 Å². The zero-order valence-corrected chi connectivity index (χ0v) is 11.3. The molecule has 3 aromatic rings. The molecule has 0 spiro atoms. The third kappa shape index (κ3) is 2.48. The van der Waals surface area contributed by atoms with Gasteiger partial charge in [-0.05, 0) is 23.6 Å². The van der Waals surface area contributed by atoms with Gasteiger partial charge in [0.1, 0.15) is 11.1 Å². The predicted octanol–water partition coefficient (Wildman–Crippen LogP) is 2.78. The smallest absolute Gasteiger partial charge is 0.349 e. The third-order valence-corrected chi connectivity index (χ3v) is 3.77. The van der Waals surface area contributed by atoms with E-state index in [2.05, 4.69) is 5.32 Å². The zero-order valence-electron chi connectivity index (χ0n) is 10.5. The van der Waals surface area contributed by atoms with E-state index in [1.807, 2.05) is 23.6 Å². The molecular weight excluding hydrogens is 274 g/mol. The summed E-state index contributed by atoms with van der Waals surface area (Å²) in [4.78, 5) is 24.9. The number of carbonyl (C=O) groups is 1. The van der Waals surface area contributed by atoms with Crippen molar-refractivity contribution in [2.45, 2.75) is 6.54 Å². The number of para-hydroxylation sites is 1. The van der Waals surface area contributed by atoms with Crippen LogP contribution in [0.4, 0.5) is 0 Å². The van der Waals surface area contributed by atoms with Crippen molar-refractivity contribution in [3.05, 3.63) is 68.7 Å². The monoisotopic (exact) mass is 285 g/mol. The van der Waals surface area contributed by atoms with Crippen molar-refractivity contribution in [1.29, 1.82) is 0 Å². The zero-order chi connectivity index (χ0) is 13.9. The normalized spacial score (nSPS) is 10.6. The Morgan fingerprint density at radius 2 is 2.05 bits per heavy atom. The highest BCUT2D eigenvalue weighted by molar-refractivity contribution is 7.09. The van der Waals surface area contributed by atoms with Crippen LogP contribution in [0.15, 0.2) is 57.1 Å². The van der Waals surface area contributed by atoms with E-state index in [1.165, 1.54) is 0 Å². The van der Waals surface area contributed by atoms with Crippen LogP contribution in [-0.4, -0.2) is 5.91 Å². The summed E-state index contributed by atoms with van der Waals surface area (Å²) in [6.45, 7) is 0.406. The van der Waals surface area contributed by atoms with Crippen LogP contribution >= 0.6 is 11.3 Å². The van der Waals surface area contributed by atoms with Gasteiger partial charge in [0, 0.05) is 10.3 Å². The second-order valence-corrected chi connectivity index (χ2v) is 5.28. The fraction of sp³-hybridized carbons (Fsp3) is 0.0667. The van der Waals surface area contributed by atoms with Crippen molar-refractivity contribution in [3.8, 4) is 0 Å². The summed E-state index contributed by atoms with van der Waals surface area (Å²) in [6, 6.07) is 12.5. The molecule has 0 saturated heterocycles. The van der Waals surface area contributed by atoms with Crippen LogP contribution in [0.2, 0.25) is 0 Å². The topological polar surface area (TPSA) is 59.3 Å². The maximum atomic E-state index is 12.0. The summed E-state index contributed by atoms with van der Waals surface area (Å²) < 4.78 is 5.14. The second-order valence-electron chi connectivity index (χ2n) is 4.25. The van der Waals surface area contributed by atoms with Crippen molar-refractivity contribution >= 4 is 28.2 Å². The second kappa shape index (κ2) is 5.30. The van der Waals surface area contributed by atoms with E-state index in [4.69, 9.17) is 4.42 Å². The lowest BCUT2D eigenvalue weighted by Gasteiger charge is -2.03. The Kier molecular flexibility index (Phi) is 3.35. The van der Waals surface area contributed by atoms with E-state index in [1.54, 1.807) is 35.6 Å². The molecule has 0 bridgehead atoms. The molecule has 1 N–H and O–H groups in total. The van der Waals surface area contributed by atoms with E-state index >= 15 is 0 Å². The number of rotatable bonds is 3. The largest absolute Gasteiger partial charge is 0.422 e. The van der Waals surface area contributed by atoms with Gasteiger partial charge in [-0.3, -0.25) is 4.79 Å². The lowest BCUT2D eigenvalue weighted by Crippen LogP contribution is -2.27. The molecule has 1 amide bonds. The minimum absolute atomic E-state index is 0.0280. The van der Waals surface area contributed by atoms with Crippen LogP contribution in [0.3, 0.4) is 0 Å². The first-order chi connectivity index (χ1) is 9.74. The summed E-state index contributed by atoms with van der Waals surface area (Å²) >= 11 is 1.55. The van der Waals surface area contributed by atoms with Gasteiger partial charge >= 0.3 is 5.63 Å². The highest BCUT2D eigenvalue weighted by Gasteiger charge is 2.13. The minimum atomic E-state index is -0.618. The molecule has 0 fully saturated rings. The minimum Gasteiger partial charge on any atom is -0.422 e. The standard InChI is InChI=1S/C15H11NO3S/c17-14(16-9-11-5-3-7-20-11)12-8-10-4-1-2-6-13(10)19-15(12)18/h1-8H,9H2,(H,16,17). The van der Waals surface area contributed by atoms with E-state index in [-0.39, 0.29) is 5.56 Å². The quantitative estimate of drug-likeness (QED) is 0.753. The molecule has 2 aromatic heterocycles. The lowest BCUT2D eigenvalue weighted by atomic mass is 10.2. The van der Waals surface area contributed by atoms with E-state index < -0.39 is 11.5 Å². The number of hydrogen-bond acceptors (Lipinski definition) is 4. The number of fused-ring (bicyclic) bond motifs is 1. The molecule has 0 atom stereocenters. The fourth-order valence-corrected chi connectivity index (χ4v) is 2.54. The Bertz CT molecular complexity index is 805. The Labute approximate surface area is 118 Å². The summed E-state index contributed by atoms with van der Waals surface area (Å²) in [7, 11) is 0. The Hall–Kier alpha value is -2.40. The highest BCUT2D eigenvalue weighted by Crippen LogP contribution is 2.13. The number of benzene rings is 1. The van der Waals surface area contributed by atoms with Crippen LogP contribution in [0, 0.1) is 0 Å². The maximum Gasteiger partial charge on any atom is 0.349 e. The van der Waals surface area contributed by atoms with E-state index in [0.29, 0.717) is 12.1 Å². The first-order valence-electron chi connectivity index (χ1n) is 6.07. The van der Waals surface area contributed by atoms with Gasteiger partial charge in [0.15, 0.2) is 0 Å². The maximum absolute atomic E-state index is 12.0. The molecule has 0 radical (unpaired) electrons. The molecule has 0 aliphatic carbocycles. The fourth-order valence-electron chi connectivity index (χ4n) is 1.90. The SMILES string of the molecule is O=C(NCc1cccs1)c1cc2ccccc2oc1=O. The van der Waals surface area contributed by atoms with Gasteiger partial charge in [-0.2, -0.15) is 0 Å². The van der Waals surface area contributed by atoms with E-state index in [9.17, 15) is 9.59 Å². The number of carbonyl (C=O) groups excluding carboxylic acids is 1. The Morgan fingerprint density at radius 1 is 1.20 bits per heavy atom. The molecule has 4 nitrogen and oxygen atoms in total. The highest BCUT2D eigenvalue weighted by atomic mass is 32.1. The summed E-state index contributed by atoms with van der Waals surface area (Å²) in [5, 5.41) is 5.38. The van der Waals surface area contributed by atoms with Crippen molar-refractivity contribution < 1.29 is 9.21 Å². The van der Waals surface area contributed by atoms with Gasteiger partial charge in [0.05, 0.1) is 6.54 Å². The first kappa shape index (κ1) is 12.6. The van der Waals surface area contributed by atoms with Gasteiger partial charge in [-0.1, -0.05) is 24.3 Å². The molecule has 5 heteroatoms. The molecule has 0 aliphatic heterocycles. The molecule has 2 heterocycles. The van der Waals surface area contributed by atoms with Crippen LogP contribution < -0.4 is 10.9 Å². The van der Waals surface area contributed by atoms with Crippen molar-refractivity contribution in [3.63, 3.8) is 0 Å². The number of nitrogens with one attached hydrogen (secondary N) is 1. The molecule has 3 rings (SSSR count). The number of hydrogen-bond donors (Lipinski definition) is 1. The first-order valence-corrected chi connectivity index (χ1v) is 6.95. The summed E-state index contributed by atoms with van der Waals surface area (Å²) in [5.41, 5.74) is -0.111. The number of amides is 1. The molecule has 1 aromatic carbocycles. The van der Waals surface area contributed by atoms with Crippen molar-refractivity contribution in [1.82, 2.24) is 5.32 Å². The Morgan fingerprint density at radius 3 is 2.85 bits per heavy atom. The molecule has 0 aliphatic rings. The van der Waals surface area contributed by atoms with Gasteiger partial charge in [0.2, 0.25) is 0 Å². The number of thiophene rings is 1.